The van der Waals surface area contributed by atoms with Gasteiger partial charge in [0.1, 0.15) is 21.4 Å². The van der Waals surface area contributed by atoms with Crippen molar-refractivity contribution >= 4 is 50.6 Å². The average molecular weight is 533 g/mol. The average Bonchev–Trinajstić information content (AvgIpc) is 3.67. The van der Waals surface area contributed by atoms with Gasteiger partial charge in [0.2, 0.25) is 0 Å². The number of hydrogen-bond donors (Lipinski definition) is 1. The number of amides is 1. The number of nitrogens with zero attached hydrogens (tertiary/aromatic N) is 1. The van der Waals surface area contributed by atoms with Crippen LogP contribution in [0.2, 0.25) is 0 Å². The van der Waals surface area contributed by atoms with Crippen molar-refractivity contribution in [1.82, 2.24) is 4.98 Å². The van der Waals surface area contributed by atoms with Crippen molar-refractivity contribution in [3.63, 3.8) is 0 Å². The zero-order valence-corrected chi connectivity index (χ0v) is 22.0. The Labute approximate surface area is 229 Å². The molecule has 39 heavy (non-hydrogen) atoms. The summed E-state index contributed by atoms with van der Waals surface area (Å²) in [4.78, 5) is 29.7. The summed E-state index contributed by atoms with van der Waals surface area (Å²) in [7, 11) is 0. The van der Waals surface area contributed by atoms with Gasteiger partial charge in [-0.3, -0.25) is 10.1 Å². The topological polar surface area (TPSA) is 77.5 Å². The second kappa shape index (κ2) is 10.2. The molecule has 1 atom stereocenters. The number of fused-ring (bicyclic) bond motifs is 2. The summed E-state index contributed by atoms with van der Waals surface area (Å²) >= 11 is 1.42. The van der Waals surface area contributed by atoms with Gasteiger partial charge in [-0.05, 0) is 77.9 Å². The van der Waals surface area contributed by atoms with Gasteiger partial charge in [-0.2, -0.15) is 0 Å². The summed E-state index contributed by atoms with van der Waals surface area (Å²) in [6.07, 6.45) is 2.46. The minimum Gasteiger partial charge on any atom is -0.456 e. The van der Waals surface area contributed by atoms with Gasteiger partial charge >= 0.3 is 6.09 Å². The number of pyridine rings is 1. The molecule has 1 N–H and O–H groups in total. The molecule has 0 spiro atoms. The summed E-state index contributed by atoms with van der Waals surface area (Å²) < 4.78 is 11.0. The van der Waals surface area contributed by atoms with Crippen LogP contribution in [0.25, 0.3) is 21.0 Å². The highest BCUT2D eigenvalue weighted by molar-refractivity contribution is 7.19. The number of rotatable bonds is 6. The number of ether oxygens (including phenoxy) is 2. The first-order valence-corrected chi connectivity index (χ1v) is 13.4. The van der Waals surface area contributed by atoms with Crippen LogP contribution in [0.3, 0.4) is 0 Å². The van der Waals surface area contributed by atoms with Gasteiger partial charge in [-0.25, -0.2) is 9.78 Å². The summed E-state index contributed by atoms with van der Waals surface area (Å²) in [5.41, 5.74) is 2.90. The van der Waals surface area contributed by atoms with Crippen LogP contribution in [-0.4, -0.2) is 17.5 Å². The molecule has 6 nitrogen and oxygen atoms in total. The highest BCUT2D eigenvalue weighted by atomic mass is 32.1. The smallest absolute Gasteiger partial charge is 0.412 e. The van der Waals surface area contributed by atoms with E-state index in [0.717, 1.165) is 50.5 Å². The molecule has 1 saturated carbocycles. The molecule has 7 heteroatoms. The monoisotopic (exact) mass is 532 g/mol. The van der Waals surface area contributed by atoms with E-state index in [2.05, 4.69) is 28.2 Å². The minimum absolute atomic E-state index is 0.401. The third kappa shape index (κ3) is 5.07. The lowest BCUT2D eigenvalue weighted by molar-refractivity contribution is -0.136. The van der Waals surface area contributed by atoms with Crippen LogP contribution in [-0.2, 0) is 19.9 Å². The predicted molar refractivity (Wildman–Crippen MR) is 153 cm³/mol. The van der Waals surface area contributed by atoms with Gasteiger partial charge in [-0.15, -0.1) is 11.3 Å². The van der Waals surface area contributed by atoms with Crippen LogP contribution in [0.4, 0.5) is 10.5 Å². The van der Waals surface area contributed by atoms with Gasteiger partial charge in [0.15, 0.2) is 0 Å². The molecule has 0 unspecified atom stereocenters. The standard InChI is InChI=1S/C32H24N2O4S/c1-21(23-6-3-2-4-7-23)38-31(36)34-29-27-8-5-17-33-30(27)39-28(29)14-10-22-9-11-25-19-26(13-12-24(25)18-22)32(15-16-32)37-20-35/h2-9,11-13,17-21H,15-16H2,1H3,(H,34,36)/t21-/m1/s1. The molecule has 2 aromatic heterocycles. The Morgan fingerprint density at radius 2 is 1.82 bits per heavy atom. The van der Waals surface area contributed by atoms with Crippen molar-refractivity contribution in [2.75, 3.05) is 5.32 Å². The van der Waals surface area contributed by atoms with Crippen LogP contribution in [0.15, 0.2) is 85.1 Å². The molecule has 192 valence electrons. The summed E-state index contributed by atoms with van der Waals surface area (Å²) in [6.45, 7) is 2.37. The molecule has 5 aromatic rings. The van der Waals surface area contributed by atoms with Crippen LogP contribution >= 0.6 is 11.3 Å². The van der Waals surface area contributed by atoms with Gasteiger partial charge < -0.3 is 9.47 Å². The van der Waals surface area contributed by atoms with E-state index in [1.807, 2.05) is 79.7 Å². The highest BCUT2D eigenvalue weighted by Crippen LogP contribution is 2.49. The third-order valence-electron chi connectivity index (χ3n) is 6.91. The largest absolute Gasteiger partial charge is 0.456 e. The Morgan fingerprint density at radius 3 is 2.62 bits per heavy atom. The first-order valence-electron chi connectivity index (χ1n) is 12.6. The molecule has 0 radical (unpaired) electrons. The molecule has 1 aliphatic carbocycles. The fraction of sp³-hybridized carbons (Fsp3) is 0.156. The van der Waals surface area contributed by atoms with Crippen molar-refractivity contribution in [2.24, 2.45) is 0 Å². The molecule has 6 rings (SSSR count). The van der Waals surface area contributed by atoms with Gasteiger partial charge in [0, 0.05) is 17.1 Å². The maximum Gasteiger partial charge on any atom is 0.412 e. The van der Waals surface area contributed by atoms with Crippen LogP contribution < -0.4 is 5.32 Å². The zero-order chi connectivity index (χ0) is 26.8. The van der Waals surface area contributed by atoms with Crippen molar-refractivity contribution in [2.45, 2.75) is 31.5 Å². The van der Waals surface area contributed by atoms with Crippen LogP contribution in [0.1, 0.15) is 47.4 Å². The quantitative estimate of drug-likeness (QED) is 0.183. The van der Waals surface area contributed by atoms with Gasteiger partial charge in [0.25, 0.3) is 6.47 Å². The van der Waals surface area contributed by atoms with E-state index in [1.165, 1.54) is 11.3 Å². The third-order valence-corrected chi connectivity index (χ3v) is 7.94. The number of thiophene rings is 1. The van der Waals surface area contributed by atoms with E-state index >= 15 is 0 Å². The Bertz CT molecular complexity index is 1760. The molecule has 1 aliphatic rings. The molecular weight excluding hydrogens is 508 g/mol. The van der Waals surface area contributed by atoms with Crippen molar-refractivity contribution in [3.05, 3.63) is 107 Å². The second-order valence-corrected chi connectivity index (χ2v) is 10.5. The Kier molecular flexibility index (Phi) is 6.47. The lowest BCUT2D eigenvalue weighted by Gasteiger charge is -2.14. The summed E-state index contributed by atoms with van der Waals surface area (Å²) in [5.74, 6) is 6.48. The van der Waals surface area contributed by atoms with Crippen LogP contribution in [0.5, 0.6) is 0 Å². The lowest BCUT2D eigenvalue weighted by Crippen LogP contribution is -2.16. The van der Waals surface area contributed by atoms with E-state index in [4.69, 9.17) is 9.47 Å². The molecule has 1 amide bonds. The number of carbonyl (C=O) groups is 2. The summed E-state index contributed by atoms with van der Waals surface area (Å²) in [6, 6.07) is 25.5. The molecule has 1 fully saturated rings. The van der Waals surface area contributed by atoms with Gasteiger partial charge in [-0.1, -0.05) is 54.5 Å². The summed E-state index contributed by atoms with van der Waals surface area (Å²) in [5, 5.41) is 5.82. The maximum atomic E-state index is 12.8. The first-order chi connectivity index (χ1) is 19.0. The van der Waals surface area contributed by atoms with E-state index < -0.39 is 17.8 Å². The fourth-order valence-electron chi connectivity index (χ4n) is 4.64. The van der Waals surface area contributed by atoms with Crippen LogP contribution in [0, 0.1) is 11.8 Å². The van der Waals surface area contributed by atoms with Crippen molar-refractivity contribution < 1.29 is 19.1 Å². The van der Waals surface area contributed by atoms with Crippen molar-refractivity contribution in [1.29, 1.82) is 0 Å². The molecular formula is C32H24N2O4S. The van der Waals surface area contributed by atoms with Gasteiger partial charge in [0.05, 0.1) is 5.69 Å². The number of hydrogen-bond acceptors (Lipinski definition) is 6. The number of aromatic nitrogens is 1. The molecule has 2 heterocycles. The number of benzene rings is 3. The van der Waals surface area contributed by atoms with E-state index in [1.54, 1.807) is 6.20 Å². The molecule has 0 saturated heterocycles. The second-order valence-electron chi connectivity index (χ2n) is 9.48. The number of nitrogens with one attached hydrogen (secondary N) is 1. The highest BCUT2D eigenvalue weighted by Gasteiger charge is 2.47. The zero-order valence-electron chi connectivity index (χ0n) is 21.1. The van der Waals surface area contributed by atoms with E-state index in [0.29, 0.717) is 17.0 Å². The number of anilines is 1. The first kappa shape index (κ1) is 24.7. The predicted octanol–water partition coefficient (Wildman–Crippen LogP) is 7.32. The Hall–Kier alpha value is -4.67. The normalized spacial score (nSPS) is 14.2. The Balaban J connectivity index is 1.26. The van der Waals surface area contributed by atoms with E-state index in [9.17, 15) is 9.59 Å². The Morgan fingerprint density at radius 1 is 1.03 bits per heavy atom. The molecule has 0 aliphatic heterocycles. The SMILES string of the molecule is C[C@@H](OC(=O)Nc1c(C#Cc2ccc3cc(C4(OC=O)CC4)ccc3c2)sc2ncccc12)c1ccccc1. The lowest BCUT2D eigenvalue weighted by atomic mass is 10.0. The number of carbonyl (C=O) groups excluding carboxylic acids is 2. The van der Waals surface area contributed by atoms with Crippen molar-refractivity contribution in [3.8, 4) is 11.8 Å². The molecule has 3 aromatic carbocycles. The fourth-order valence-corrected chi connectivity index (χ4v) is 5.60. The minimum atomic E-state index is -0.550. The van der Waals surface area contributed by atoms with E-state index in [-0.39, 0.29) is 0 Å². The maximum absolute atomic E-state index is 12.8. The molecule has 0 bridgehead atoms.